The van der Waals surface area contributed by atoms with E-state index in [0.29, 0.717) is 30.7 Å². The van der Waals surface area contributed by atoms with Gasteiger partial charge in [-0.05, 0) is 88.1 Å². The van der Waals surface area contributed by atoms with Crippen LogP contribution in [0.25, 0.3) is 10.8 Å². The second-order valence-corrected chi connectivity index (χ2v) is 16.3. The van der Waals surface area contributed by atoms with Crippen molar-refractivity contribution >= 4 is 49.8 Å². The van der Waals surface area contributed by atoms with Gasteiger partial charge in [0.2, 0.25) is 11.9 Å². The maximum absolute atomic E-state index is 13.0. The van der Waals surface area contributed by atoms with Gasteiger partial charge in [-0.15, -0.1) is 0 Å². The summed E-state index contributed by atoms with van der Waals surface area (Å²) >= 11 is 0. The molecule has 12 heteroatoms. The average Bonchev–Trinajstić information content (AvgIpc) is 3.06. The summed E-state index contributed by atoms with van der Waals surface area (Å²) < 4.78 is 30.0. The van der Waals surface area contributed by atoms with Crippen molar-refractivity contribution in [1.29, 1.82) is 0 Å². The number of rotatable bonds is 9. The number of ether oxygens (including phenoxy) is 1. The number of amides is 1. The lowest BCUT2D eigenvalue weighted by molar-refractivity contribution is -0.129. The number of nitrogens with one attached hydrogen (secondary N) is 1. The molecule has 252 valence electrons. The van der Waals surface area contributed by atoms with Gasteiger partial charge in [0, 0.05) is 75.0 Å². The van der Waals surface area contributed by atoms with E-state index in [2.05, 4.69) is 45.7 Å². The number of hydrogen-bond acceptors (Lipinski definition) is 10. The molecule has 1 aromatic carbocycles. The summed E-state index contributed by atoms with van der Waals surface area (Å²) in [5.74, 6) is 1.89. The van der Waals surface area contributed by atoms with E-state index >= 15 is 0 Å². The second-order valence-electron chi connectivity index (χ2n) is 13.7. The molecule has 0 saturated carbocycles. The number of nitrogens with zero attached hydrogens (tertiary/aromatic N) is 6. The summed E-state index contributed by atoms with van der Waals surface area (Å²) in [7, 11) is -1.48. The largest absolute Gasteiger partial charge is 0.381 e. The number of aromatic nitrogens is 3. The summed E-state index contributed by atoms with van der Waals surface area (Å²) in [5, 5.41) is 5.38. The van der Waals surface area contributed by atoms with Crippen LogP contribution in [-0.2, 0) is 19.4 Å². The van der Waals surface area contributed by atoms with Gasteiger partial charge in [0.05, 0.1) is 16.9 Å². The Morgan fingerprint density at radius 1 is 1.06 bits per heavy atom. The van der Waals surface area contributed by atoms with Crippen LogP contribution in [0, 0.1) is 5.92 Å². The zero-order chi connectivity index (χ0) is 33.5. The fourth-order valence-corrected chi connectivity index (χ4v) is 8.31. The monoisotopic (exact) mass is 661 g/mol. The third-order valence-electron chi connectivity index (χ3n) is 10.8. The van der Waals surface area contributed by atoms with Crippen LogP contribution in [0.1, 0.15) is 64.5 Å². The Bertz CT molecular complexity index is 1760. The first-order chi connectivity index (χ1) is 22.4. The third kappa shape index (κ3) is 6.29. The Balaban J connectivity index is 1.36. The number of methoxy groups -OCH3 is 1. The van der Waals surface area contributed by atoms with Crippen molar-refractivity contribution in [3.8, 4) is 0 Å². The highest BCUT2D eigenvalue weighted by molar-refractivity contribution is 7.92. The van der Waals surface area contributed by atoms with E-state index in [1.165, 1.54) is 12.3 Å². The topological polar surface area (TPSA) is 121 Å². The molecule has 0 unspecified atom stereocenters. The molecule has 3 aromatic rings. The maximum Gasteiger partial charge on any atom is 0.246 e. The molecular formula is C35H47N7O4S. The average molecular weight is 662 g/mol. The first-order valence-corrected chi connectivity index (χ1v) is 18.5. The van der Waals surface area contributed by atoms with Crippen molar-refractivity contribution in [2.45, 2.75) is 75.8 Å². The molecular weight excluding hydrogens is 614 g/mol. The van der Waals surface area contributed by atoms with Crippen LogP contribution in [0.15, 0.2) is 49.3 Å². The molecule has 5 heterocycles. The Morgan fingerprint density at radius 3 is 2.51 bits per heavy atom. The van der Waals surface area contributed by atoms with E-state index in [1.54, 1.807) is 13.3 Å². The number of hydrogen-bond donors (Lipinski definition) is 1. The molecule has 11 nitrogen and oxygen atoms in total. The zero-order valence-electron chi connectivity index (χ0n) is 28.1. The van der Waals surface area contributed by atoms with Gasteiger partial charge in [-0.3, -0.25) is 4.79 Å². The number of anilines is 4. The molecule has 1 N–H and O–H groups in total. The van der Waals surface area contributed by atoms with Crippen molar-refractivity contribution < 1.29 is 17.9 Å². The fourth-order valence-electron chi connectivity index (χ4n) is 7.49. The van der Waals surface area contributed by atoms with Crippen molar-refractivity contribution in [3.05, 3.63) is 54.9 Å². The van der Waals surface area contributed by atoms with Gasteiger partial charge in [-0.2, -0.15) is 4.98 Å². The molecule has 0 bridgehead atoms. The first-order valence-electron chi connectivity index (χ1n) is 16.6. The number of piperidine rings is 2. The Morgan fingerprint density at radius 2 is 1.83 bits per heavy atom. The van der Waals surface area contributed by atoms with Crippen molar-refractivity contribution in [2.24, 2.45) is 5.92 Å². The molecule has 1 amide bonds. The lowest BCUT2D eigenvalue weighted by Gasteiger charge is -2.54. The number of sulfone groups is 1. The summed E-state index contributed by atoms with van der Waals surface area (Å²) in [6.45, 7) is 12.5. The van der Waals surface area contributed by atoms with Gasteiger partial charge in [-0.1, -0.05) is 12.6 Å². The van der Waals surface area contributed by atoms with Gasteiger partial charge >= 0.3 is 0 Å². The van der Waals surface area contributed by atoms with E-state index in [1.807, 2.05) is 37.1 Å². The molecule has 2 aromatic heterocycles. The summed E-state index contributed by atoms with van der Waals surface area (Å²) in [6.07, 6.45) is 11.4. The van der Waals surface area contributed by atoms with Crippen LogP contribution in [0.2, 0.25) is 0 Å². The molecule has 3 atom stereocenters. The van der Waals surface area contributed by atoms with Gasteiger partial charge in [0.1, 0.15) is 11.6 Å². The summed E-state index contributed by atoms with van der Waals surface area (Å²) in [4.78, 5) is 33.5. The zero-order valence-corrected chi connectivity index (χ0v) is 29.0. The van der Waals surface area contributed by atoms with Crippen LogP contribution in [0.5, 0.6) is 0 Å². The molecule has 0 radical (unpaired) electrons. The molecule has 47 heavy (non-hydrogen) atoms. The van der Waals surface area contributed by atoms with Crippen LogP contribution < -0.4 is 15.1 Å². The molecule has 0 spiro atoms. The predicted octanol–water partition coefficient (Wildman–Crippen LogP) is 5.27. The normalized spacial score (nSPS) is 22.7. The minimum absolute atomic E-state index is 0.00702. The highest BCUT2D eigenvalue weighted by Crippen LogP contribution is 2.45. The highest BCUT2D eigenvalue weighted by atomic mass is 32.2. The van der Waals surface area contributed by atoms with E-state index in [9.17, 15) is 13.2 Å². The molecule has 3 aliphatic rings. The second kappa shape index (κ2) is 13.0. The lowest BCUT2D eigenvalue weighted by atomic mass is 9.79. The van der Waals surface area contributed by atoms with E-state index in [0.717, 1.165) is 67.2 Å². The van der Waals surface area contributed by atoms with Gasteiger partial charge < -0.3 is 24.8 Å². The van der Waals surface area contributed by atoms with E-state index in [-0.39, 0.29) is 30.0 Å². The predicted molar refractivity (Wildman–Crippen MR) is 187 cm³/mol. The van der Waals surface area contributed by atoms with Crippen molar-refractivity contribution in [2.75, 3.05) is 54.7 Å². The lowest BCUT2D eigenvalue weighted by Crippen LogP contribution is -2.64. The molecule has 0 aliphatic carbocycles. The Kier molecular flexibility index (Phi) is 9.19. The Labute approximate surface area is 278 Å². The quantitative estimate of drug-likeness (QED) is 0.304. The SMILES string of the molecule is C=CC(=O)N1CCCC[C@@H]1c1ccc(N2C[C@H](C(C)(C)S(C)(=O)=O)[C@H]2C)c2cnc(Nc3ccnc(N4CCC(OC)CC4)n3)cc12. The minimum Gasteiger partial charge on any atom is -0.381 e. The van der Waals surface area contributed by atoms with Crippen LogP contribution in [0.4, 0.5) is 23.3 Å². The van der Waals surface area contributed by atoms with E-state index < -0.39 is 14.6 Å². The number of carbonyl (C=O) groups is 1. The standard InChI is InChI=1S/C35H47N7O4S/c1-7-33(43)41-17-9-8-10-29(41)25-11-12-30(42-22-28(23(42)2)35(3,4)47(6,44)45)27-21-37-32(20-26(25)27)38-31-13-16-36-34(39-31)40-18-14-24(46-5)15-19-40/h7,11-13,16,20-21,23-24,28-29H,1,8-10,14-15,17-19,22H2,2-6H3,(H,36,37,38,39)/t23-,28+,29-/m1/s1. The molecule has 3 fully saturated rings. The highest BCUT2D eigenvalue weighted by Gasteiger charge is 2.50. The number of carbonyl (C=O) groups excluding carboxylic acids is 1. The van der Waals surface area contributed by atoms with Gasteiger partial charge in [-0.25, -0.2) is 18.4 Å². The van der Waals surface area contributed by atoms with Crippen LogP contribution in [-0.4, -0.2) is 90.6 Å². The van der Waals surface area contributed by atoms with E-state index in [4.69, 9.17) is 14.7 Å². The minimum atomic E-state index is -3.24. The fraction of sp³-hybridized carbons (Fsp3) is 0.543. The molecule has 3 saturated heterocycles. The maximum atomic E-state index is 13.0. The summed E-state index contributed by atoms with van der Waals surface area (Å²) in [6, 6.07) is 8.07. The van der Waals surface area contributed by atoms with Crippen LogP contribution >= 0.6 is 0 Å². The molecule has 3 aliphatic heterocycles. The van der Waals surface area contributed by atoms with Crippen molar-refractivity contribution in [1.82, 2.24) is 19.9 Å². The van der Waals surface area contributed by atoms with Crippen LogP contribution in [0.3, 0.4) is 0 Å². The number of fused-ring (bicyclic) bond motifs is 1. The number of likely N-dealkylation sites (tertiary alicyclic amines) is 1. The first kappa shape index (κ1) is 33.1. The molecule has 6 rings (SSSR count). The number of pyridine rings is 1. The van der Waals surface area contributed by atoms with Gasteiger partial charge in [0.15, 0.2) is 9.84 Å². The van der Waals surface area contributed by atoms with Gasteiger partial charge in [0.25, 0.3) is 0 Å². The van der Waals surface area contributed by atoms with Crippen molar-refractivity contribution in [3.63, 3.8) is 0 Å². The smallest absolute Gasteiger partial charge is 0.246 e. The third-order valence-corrected chi connectivity index (χ3v) is 13.0. The summed E-state index contributed by atoms with van der Waals surface area (Å²) in [5.41, 5.74) is 2.08. The Hall–Kier alpha value is -3.77. The number of benzene rings is 1.